The number of pyridine rings is 1. The zero-order chi connectivity index (χ0) is 14.8. The van der Waals surface area contributed by atoms with Gasteiger partial charge in [0.2, 0.25) is 0 Å². The van der Waals surface area contributed by atoms with Crippen molar-refractivity contribution in [2.45, 2.75) is 18.9 Å². The zero-order valence-corrected chi connectivity index (χ0v) is 13.2. The van der Waals surface area contributed by atoms with E-state index in [1.807, 2.05) is 7.05 Å². The van der Waals surface area contributed by atoms with Crippen LogP contribution in [0.3, 0.4) is 0 Å². The molecule has 0 saturated carbocycles. The molecule has 0 radical (unpaired) electrons. The fourth-order valence-electron chi connectivity index (χ4n) is 2.72. The van der Waals surface area contributed by atoms with Gasteiger partial charge >= 0.3 is 0 Å². The molecule has 0 spiro atoms. The van der Waals surface area contributed by atoms with E-state index in [9.17, 15) is 0 Å². The molecule has 1 aliphatic rings. The van der Waals surface area contributed by atoms with E-state index < -0.39 is 0 Å². The van der Waals surface area contributed by atoms with Gasteiger partial charge in [-0.05, 0) is 31.5 Å². The predicted octanol–water partition coefficient (Wildman–Crippen LogP) is 4.02. The summed E-state index contributed by atoms with van der Waals surface area (Å²) in [5, 5.41) is 4.36. The summed E-state index contributed by atoms with van der Waals surface area (Å²) in [5.74, 6) is 0.955. The van der Waals surface area contributed by atoms with E-state index >= 15 is 0 Å². The van der Waals surface area contributed by atoms with Crippen molar-refractivity contribution in [1.82, 2.24) is 10.3 Å². The van der Waals surface area contributed by atoms with E-state index in [-0.39, 0.29) is 6.04 Å². The highest BCUT2D eigenvalue weighted by Crippen LogP contribution is 2.37. The van der Waals surface area contributed by atoms with Crippen LogP contribution < -0.4 is 10.1 Å². The van der Waals surface area contributed by atoms with Crippen LogP contribution >= 0.6 is 23.2 Å². The van der Waals surface area contributed by atoms with Crippen molar-refractivity contribution in [3.63, 3.8) is 0 Å². The van der Waals surface area contributed by atoms with E-state index in [1.54, 1.807) is 12.3 Å². The molecule has 3 nitrogen and oxygen atoms in total. The number of aromatic nitrogens is 1. The lowest BCUT2D eigenvalue weighted by Gasteiger charge is -2.25. The van der Waals surface area contributed by atoms with Crippen molar-refractivity contribution in [3.05, 3.63) is 57.3 Å². The molecule has 0 aliphatic carbocycles. The highest BCUT2D eigenvalue weighted by molar-refractivity contribution is 6.34. The minimum absolute atomic E-state index is 0.122. The third-order valence-electron chi connectivity index (χ3n) is 3.67. The molecule has 2 heterocycles. The number of hydrogen-bond donors (Lipinski definition) is 1. The van der Waals surface area contributed by atoms with Crippen LogP contribution in [0.1, 0.15) is 29.3 Å². The molecule has 0 bridgehead atoms. The highest BCUT2D eigenvalue weighted by atomic mass is 35.5. The fraction of sp³-hybridized carbons (Fsp3) is 0.312. The number of fused-ring (bicyclic) bond motifs is 1. The molecule has 1 atom stereocenters. The normalized spacial score (nSPS) is 15.2. The molecule has 0 amide bonds. The Kier molecular flexibility index (Phi) is 4.34. The molecule has 1 unspecified atom stereocenters. The second-order valence-corrected chi connectivity index (χ2v) is 5.87. The van der Waals surface area contributed by atoms with E-state index in [0.717, 1.165) is 36.5 Å². The molecule has 0 fully saturated rings. The molecule has 1 aliphatic heterocycles. The van der Waals surface area contributed by atoms with Crippen molar-refractivity contribution in [3.8, 4) is 5.75 Å². The Morgan fingerprint density at radius 2 is 2.19 bits per heavy atom. The summed E-state index contributed by atoms with van der Waals surface area (Å²) < 4.78 is 5.89. The van der Waals surface area contributed by atoms with Crippen molar-refractivity contribution < 1.29 is 4.74 Å². The number of benzene rings is 1. The topological polar surface area (TPSA) is 34.1 Å². The van der Waals surface area contributed by atoms with Gasteiger partial charge in [-0.1, -0.05) is 41.4 Å². The Morgan fingerprint density at radius 3 is 2.95 bits per heavy atom. The SMILES string of the molecule is CNC(c1cccc2c1OCCC2)c1ncc(Cl)cc1Cl. The average Bonchev–Trinajstić information content (AvgIpc) is 2.50. The number of para-hydroxylation sites is 1. The summed E-state index contributed by atoms with van der Waals surface area (Å²) in [6, 6.07) is 7.81. The van der Waals surface area contributed by atoms with Crippen molar-refractivity contribution in [1.29, 1.82) is 0 Å². The summed E-state index contributed by atoms with van der Waals surface area (Å²) in [6.07, 6.45) is 3.71. The van der Waals surface area contributed by atoms with Crippen molar-refractivity contribution >= 4 is 23.2 Å². The van der Waals surface area contributed by atoms with Crippen LogP contribution in [0.5, 0.6) is 5.75 Å². The smallest absolute Gasteiger partial charge is 0.127 e. The van der Waals surface area contributed by atoms with Crippen LogP contribution in [0, 0.1) is 0 Å². The molecule has 2 aromatic rings. The third-order valence-corrected chi connectivity index (χ3v) is 4.18. The van der Waals surface area contributed by atoms with Gasteiger partial charge in [-0.3, -0.25) is 4.98 Å². The van der Waals surface area contributed by atoms with Crippen LogP contribution in [-0.4, -0.2) is 18.6 Å². The fourth-order valence-corrected chi connectivity index (χ4v) is 3.21. The van der Waals surface area contributed by atoms with Crippen LogP contribution in [0.15, 0.2) is 30.5 Å². The zero-order valence-electron chi connectivity index (χ0n) is 11.7. The van der Waals surface area contributed by atoms with Gasteiger partial charge in [-0.25, -0.2) is 0 Å². The summed E-state index contributed by atoms with van der Waals surface area (Å²) >= 11 is 12.2. The second kappa shape index (κ2) is 6.22. The number of nitrogens with one attached hydrogen (secondary N) is 1. The average molecular weight is 323 g/mol. The summed E-state index contributed by atoms with van der Waals surface area (Å²) in [7, 11) is 1.89. The van der Waals surface area contributed by atoms with Gasteiger partial charge in [0.05, 0.1) is 28.4 Å². The maximum Gasteiger partial charge on any atom is 0.127 e. The Labute approximate surface area is 134 Å². The van der Waals surface area contributed by atoms with Gasteiger partial charge in [0.15, 0.2) is 0 Å². The van der Waals surface area contributed by atoms with E-state index in [2.05, 4.69) is 28.5 Å². The van der Waals surface area contributed by atoms with Gasteiger partial charge in [-0.2, -0.15) is 0 Å². The van der Waals surface area contributed by atoms with Crippen molar-refractivity contribution in [2.75, 3.05) is 13.7 Å². The van der Waals surface area contributed by atoms with Crippen LogP contribution in [0.2, 0.25) is 10.0 Å². The number of rotatable bonds is 3. The first kappa shape index (κ1) is 14.6. The minimum atomic E-state index is -0.122. The molecule has 110 valence electrons. The third kappa shape index (κ3) is 2.86. The molecular formula is C16H16Cl2N2O. The molecule has 0 saturated heterocycles. The molecule has 1 N–H and O–H groups in total. The lowest BCUT2D eigenvalue weighted by Crippen LogP contribution is -2.22. The Hall–Kier alpha value is -1.29. The Morgan fingerprint density at radius 1 is 1.33 bits per heavy atom. The molecule has 1 aromatic carbocycles. The number of aryl methyl sites for hydroxylation is 1. The molecular weight excluding hydrogens is 307 g/mol. The maximum atomic E-state index is 6.31. The van der Waals surface area contributed by atoms with Gasteiger partial charge in [0, 0.05) is 11.8 Å². The monoisotopic (exact) mass is 322 g/mol. The molecule has 21 heavy (non-hydrogen) atoms. The summed E-state index contributed by atoms with van der Waals surface area (Å²) in [6.45, 7) is 0.752. The molecule has 5 heteroatoms. The number of nitrogens with zero attached hydrogens (tertiary/aromatic N) is 1. The predicted molar refractivity (Wildman–Crippen MR) is 85.4 cm³/mol. The number of halogens is 2. The number of hydrogen-bond acceptors (Lipinski definition) is 3. The highest BCUT2D eigenvalue weighted by Gasteiger charge is 2.24. The minimum Gasteiger partial charge on any atom is -0.493 e. The quantitative estimate of drug-likeness (QED) is 0.926. The Bertz CT molecular complexity index is 661. The number of ether oxygens (including phenoxy) is 1. The van der Waals surface area contributed by atoms with Crippen LogP contribution in [0.25, 0.3) is 0 Å². The largest absolute Gasteiger partial charge is 0.493 e. The molecule has 3 rings (SSSR count). The second-order valence-electron chi connectivity index (χ2n) is 5.03. The van der Waals surface area contributed by atoms with E-state index in [4.69, 9.17) is 27.9 Å². The molecule has 1 aromatic heterocycles. The van der Waals surface area contributed by atoms with E-state index in [1.165, 1.54) is 5.56 Å². The van der Waals surface area contributed by atoms with Gasteiger partial charge in [0.1, 0.15) is 5.75 Å². The first-order valence-corrected chi connectivity index (χ1v) is 7.69. The first-order valence-electron chi connectivity index (χ1n) is 6.93. The van der Waals surface area contributed by atoms with Gasteiger partial charge < -0.3 is 10.1 Å². The lowest BCUT2D eigenvalue weighted by atomic mass is 9.96. The Balaban J connectivity index is 2.08. The van der Waals surface area contributed by atoms with Crippen LogP contribution in [-0.2, 0) is 6.42 Å². The van der Waals surface area contributed by atoms with E-state index in [0.29, 0.717) is 10.0 Å². The summed E-state index contributed by atoms with van der Waals surface area (Å²) in [4.78, 5) is 4.39. The van der Waals surface area contributed by atoms with Gasteiger partial charge in [0.25, 0.3) is 0 Å². The maximum absolute atomic E-state index is 6.31. The van der Waals surface area contributed by atoms with Crippen molar-refractivity contribution in [2.24, 2.45) is 0 Å². The summed E-state index contributed by atoms with van der Waals surface area (Å²) in [5.41, 5.74) is 3.06. The first-order chi connectivity index (χ1) is 10.2. The van der Waals surface area contributed by atoms with Gasteiger partial charge in [-0.15, -0.1) is 0 Å². The standard InChI is InChI=1S/C16H16Cl2N2O/c1-19-14(15-13(18)8-11(17)9-20-15)12-6-2-4-10-5-3-7-21-16(10)12/h2,4,6,8-9,14,19H,3,5,7H2,1H3. The lowest BCUT2D eigenvalue weighted by molar-refractivity contribution is 0.283. The van der Waals surface area contributed by atoms with Crippen LogP contribution in [0.4, 0.5) is 0 Å².